The zero-order valence-corrected chi connectivity index (χ0v) is 13.1. The lowest BCUT2D eigenvalue weighted by Crippen LogP contribution is -2.03. The third-order valence-corrected chi connectivity index (χ3v) is 3.47. The Morgan fingerprint density at radius 2 is 1.95 bits per heavy atom. The molecule has 2 aromatic rings. The molecule has 0 saturated carbocycles. The first kappa shape index (κ1) is 15.7. The van der Waals surface area contributed by atoms with Crippen LogP contribution in [0.15, 0.2) is 42.5 Å². The van der Waals surface area contributed by atoms with E-state index in [0.717, 1.165) is 16.8 Å². The van der Waals surface area contributed by atoms with Gasteiger partial charge in [-0.2, -0.15) is 0 Å². The highest BCUT2D eigenvalue weighted by molar-refractivity contribution is 6.32. The van der Waals surface area contributed by atoms with Gasteiger partial charge >= 0.3 is 0 Å². The van der Waals surface area contributed by atoms with E-state index in [1.165, 1.54) is 0 Å². The number of rotatable bonds is 7. The SMILES string of the molecule is CCOCc1ccccc1NCc1ccc(OC)c(Cl)c1. The summed E-state index contributed by atoms with van der Waals surface area (Å²) in [5, 5.41) is 4.05. The van der Waals surface area contributed by atoms with Gasteiger partial charge in [0.2, 0.25) is 0 Å². The number of halogens is 1. The fraction of sp³-hybridized carbons (Fsp3) is 0.294. The van der Waals surface area contributed by atoms with Gasteiger partial charge in [0.05, 0.1) is 18.7 Å². The van der Waals surface area contributed by atoms with Gasteiger partial charge in [-0.1, -0.05) is 35.9 Å². The smallest absolute Gasteiger partial charge is 0.137 e. The average Bonchev–Trinajstić information content (AvgIpc) is 2.52. The van der Waals surface area contributed by atoms with E-state index in [1.54, 1.807) is 7.11 Å². The van der Waals surface area contributed by atoms with Crippen molar-refractivity contribution in [3.05, 3.63) is 58.6 Å². The molecule has 0 bridgehead atoms. The van der Waals surface area contributed by atoms with Crippen LogP contribution in [0.1, 0.15) is 18.1 Å². The van der Waals surface area contributed by atoms with Gasteiger partial charge in [0.15, 0.2) is 0 Å². The molecule has 0 spiro atoms. The monoisotopic (exact) mass is 305 g/mol. The molecule has 2 rings (SSSR count). The molecule has 112 valence electrons. The molecule has 21 heavy (non-hydrogen) atoms. The zero-order chi connectivity index (χ0) is 15.1. The first-order valence-electron chi connectivity index (χ1n) is 6.96. The van der Waals surface area contributed by atoms with Crippen molar-refractivity contribution >= 4 is 17.3 Å². The van der Waals surface area contributed by atoms with Crippen molar-refractivity contribution in [1.29, 1.82) is 0 Å². The van der Waals surface area contributed by atoms with Gasteiger partial charge in [0.25, 0.3) is 0 Å². The number of methoxy groups -OCH3 is 1. The van der Waals surface area contributed by atoms with Crippen LogP contribution in [0.5, 0.6) is 5.75 Å². The van der Waals surface area contributed by atoms with E-state index in [1.807, 2.05) is 37.3 Å². The molecule has 0 heterocycles. The molecule has 0 fully saturated rings. The van der Waals surface area contributed by atoms with Crippen molar-refractivity contribution in [2.75, 3.05) is 19.0 Å². The van der Waals surface area contributed by atoms with Crippen LogP contribution in [0.3, 0.4) is 0 Å². The molecule has 0 amide bonds. The topological polar surface area (TPSA) is 30.5 Å². The third kappa shape index (κ3) is 4.38. The molecule has 2 aromatic carbocycles. The Kier molecular flexibility index (Phi) is 5.90. The van der Waals surface area contributed by atoms with Crippen LogP contribution < -0.4 is 10.1 Å². The minimum absolute atomic E-state index is 0.614. The van der Waals surface area contributed by atoms with E-state index in [2.05, 4.69) is 17.4 Å². The summed E-state index contributed by atoms with van der Waals surface area (Å²) in [4.78, 5) is 0. The molecule has 0 aliphatic rings. The highest BCUT2D eigenvalue weighted by atomic mass is 35.5. The molecule has 0 aromatic heterocycles. The Hall–Kier alpha value is -1.71. The largest absolute Gasteiger partial charge is 0.495 e. The van der Waals surface area contributed by atoms with Gasteiger partial charge in [-0.15, -0.1) is 0 Å². The predicted molar refractivity (Wildman–Crippen MR) is 87.1 cm³/mol. The third-order valence-electron chi connectivity index (χ3n) is 3.18. The first-order valence-corrected chi connectivity index (χ1v) is 7.34. The van der Waals surface area contributed by atoms with E-state index in [-0.39, 0.29) is 0 Å². The maximum atomic E-state index is 6.14. The number of nitrogens with one attached hydrogen (secondary N) is 1. The number of benzene rings is 2. The second-order valence-electron chi connectivity index (χ2n) is 4.62. The van der Waals surface area contributed by atoms with Crippen LogP contribution in [0, 0.1) is 0 Å². The molecule has 0 aliphatic heterocycles. The summed E-state index contributed by atoms with van der Waals surface area (Å²) in [6, 6.07) is 14.0. The summed E-state index contributed by atoms with van der Waals surface area (Å²) in [7, 11) is 1.61. The van der Waals surface area contributed by atoms with Crippen LogP contribution in [0.4, 0.5) is 5.69 Å². The lowest BCUT2D eigenvalue weighted by molar-refractivity contribution is 0.134. The first-order chi connectivity index (χ1) is 10.2. The summed E-state index contributed by atoms with van der Waals surface area (Å²) in [6.45, 7) is 4.02. The van der Waals surface area contributed by atoms with Crippen molar-refractivity contribution < 1.29 is 9.47 Å². The summed E-state index contributed by atoms with van der Waals surface area (Å²) < 4.78 is 10.6. The summed E-state index contributed by atoms with van der Waals surface area (Å²) >= 11 is 6.14. The molecule has 3 nitrogen and oxygen atoms in total. The maximum Gasteiger partial charge on any atom is 0.137 e. The molecular formula is C17H20ClNO2. The van der Waals surface area contributed by atoms with Crippen LogP contribution in [0.2, 0.25) is 5.02 Å². The molecule has 0 aliphatic carbocycles. The molecule has 0 unspecified atom stereocenters. The van der Waals surface area contributed by atoms with Crippen LogP contribution in [-0.4, -0.2) is 13.7 Å². The van der Waals surface area contributed by atoms with Crippen LogP contribution in [-0.2, 0) is 17.9 Å². The van der Waals surface area contributed by atoms with Crippen molar-refractivity contribution in [2.24, 2.45) is 0 Å². The summed E-state index contributed by atoms with van der Waals surface area (Å²) in [5.74, 6) is 0.692. The fourth-order valence-electron chi connectivity index (χ4n) is 2.05. The van der Waals surface area contributed by atoms with Crippen molar-refractivity contribution in [3.8, 4) is 5.75 Å². The lowest BCUT2D eigenvalue weighted by Gasteiger charge is -2.13. The molecule has 0 saturated heterocycles. The summed E-state index contributed by atoms with van der Waals surface area (Å²) in [6.07, 6.45) is 0. The predicted octanol–water partition coefficient (Wildman–Crippen LogP) is 4.50. The lowest BCUT2D eigenvalue weighted by atomic mass is 10.1. The van der Waals surface area contributed by atoms with E-state index in [9.17, 15) is 0 Å². The highest BCUT2D eigenvalue weighted by Gasteiger charge is 2.04. The van der Waals surface area contributed by atoms with Crippen LogP contribution >= 0.6 is 11.6 Å². The minimum atomic E-state index is 0.614. The normalized spacial score (nSPS) is 10.4. The van der Waals surface area contributed by atoms with Crippen molar-refractivity contribution in [2.45, 2.75) is 20.1 Å². The fourth-order valence-corrected chi connectivity index (χ4v) is 2.33. The van der Waals surface area contributed by atoms with Gasteiger partial charge in [-0.25, -0.2) is 0 Å². The van der Waals surface area contributed by atoms with E-state index >= 15 is 0 Å². The number of ether oxygens (including phenoxy) is 2. The van der Waals surface area contributed by atoms with Gasteiger partial charge in [-0.05, 0) is 30.7 Å². The second kappa shape index (κ2) is 7.91. The van der Waals surface area contributed by atoms with Crippen molar-refractivity contribution in [1.82, 2.24) is 0 Å². The number of para-hydroxylation sites is 1. The van der Waals surface area contributed by atoms with Gasteiger partial charge in [0, 0.05) is 24.4 Å². The summed E-state index contributed by atoms with van der Waals surface area (Å²) in [5.41, 5.74) is 3.34. The van der Waals surface area contributed by atoms with Gasteiger partial charge < -0.3 is 14.8 Å². The Bertz CT molecular complexity index is 587. The molecule has 0 atom stereocenters. The quantitative estimate of drug-likeness (QED) is 0.817. The Morgan fingerprint density at radius 1 is 1.14 bits per heavy atom. The highest BCUT2D eigenvalue weighted by Crippen LogP contribution is 2.25. The number of hydrogen-bond acceptors (Lipinski definition) is 3. The number of anilines is 1. The average molecular weight is 306 g/mol. The molecule has 0 radical (unpaired) electrons. The second-order valence-corrected chi connectivity index (χ2v) is 5.02. The van der Waals surface area contributed by atoms with E-state index in [0.29, 0.717) is 30.5 Å². The molecule has 4 heteroatoms. The van der Waals surface area contributed by atoms with Gasteiger partial charge in [0.1, 0.15) is 5.75 Å². The molecule has 1 N–H and O–H groups in total. The van der Waals surface area contributed by atoms with E-state index in [4.69, 9.17) is 21.1 Å². The maximum absolute atomic E-state index is 6.14. The minimum Gasteiger partial charge on any atom is -0.495 e. The Balaban J connectivity index is 2.04. The van der Waals surface area contributed by atoms with Gasteiger partial charge in [-0.3, -0.25) is 0 Å². The van der Waals surface area contributed by atoms with Crippen molar-refractivity contribution in [3.63, 3.8) is 0 Å². The van der Waals surface area contributed by atoms with Crippen LogP contribution in [0.25, 0.3) is 0 Å². The standard InChI is InChI=1S/C17H20ClNO2/c1-3-21-12-14-6-4-5-7-16(14)19-11-13-8-9-17(20-2)15(18)10-13/h4-10,19H,3,11-12H2,1-2H3. The molecular weight excluding hydrogens is 286 g/mol. The van der Waals surface area contributed by atoms with E-state index < -0.39 is 0 Å². The number of hydrogen-bond donors (Lipinski definition) is 1. The Labute approximate surface area is 130 Å². The Morgan fingerprint density at radius 3 is 2.67 bits per heavy atom. The zero-order valence-electron chi connectivity index (χ0n) is 12.4.